The Morgan fingerprint density at radius 2 is 1.71 bits per heavy atom. The van der Waals surface area contributed by atoms with Crippen molar-refractivity contribution in [3.05, 3.63) is 105 Å². The van der Waals surface area contributed by atoms with Gasteiger partial charge in [0.2, 0.25) is 0 Å². The summed E-state index contributed by atoms with van der Waals surface area (Å²) in [6.45, 7) is 2.30. The van der Waals surface area contributed by atoms with E-state index in [1.807, 2.05) is 49.4 Å². The number of nitrogen functional groups attached to an aromatic ring is 1. The molecule has 2 aromatic heterocycles. The molecule has 2 heterocycles. The largest absolute Gasteiger partial charge is 0.467 e. The molecule has 8 heteroatoms. The third-order valence-corrected chi connectivity index (χ3v) is 5.60. The van der Waals surface area contributed by atoms with E-state index >= 15 is 0 Å². The molecule has 0 bridgehead atoms. The molecule has 0 spiro atoms. The van der Waals surface area contributed by atoms with Gasteiger partial charge in [0.25, 0.3) is 11.5 Å². The van der Waals surface area contributed by atoms with Crippen molar-refractivity contribution in [1.29, 1.82) is 0 Å². The van der Waals surface area contributed by atoms with Crippen LogP contribution in [0.5, 0.6) is 0 Å². The van der Waals surface area contributed by atoms with Crippen LogP contribution in [-0.2, 0) is 13.1 Å². The van der Waals surface area contributed by atoms with Gasteiger partial charge in [-0.05, 0) is 41.8 Å². The highest BCUT2D eigenvalue weighted by Crippen LogP contribution is 2.24. The molecule has 4 rings (SSSR count). The highest BCUT2D eigenvalue weighted by molar-refractivity contribution is 6.07. The zero-order chi connectivity index (χ0) is 24.1. The van der Waals surface area contributed by atoms with Gasteiger partial charge in [0, 0.05) is 12.1 Å². The number of aromatic amines is 1. The van der Waals surface area contributed by atoms with E-state index in [2.05, 4.69) is 4.98 Å². The maximum Gasteiger partial charge on any atom is 0.330 e. The van der Waals surface area contributed by atoms with Crippen LogP contribution in [-0.4, -0.2) is 15.5 Å². The zero-order valence-electron chi connectivity index (χ0n) is 18.9. The minimum absolute atomic E-state index is 0.0223. The smallest absolute Gasteiger partial charge is 0.330 e. The van der Waals surface area contributed by atoms with Crippen molar-refractivity contribution in [3.63, 3.8) is 0 Å². The number of furan rings is 1. The molecule has 0 fully saturated rings. The highest BCUT2D eigenvalue weighted by atomic mass is 16.3. The van der Waals surface area contributed by atoms with Crippen molar-refractivity contribution >= 4 is 17.4 Å². The Hall–Kier alpha value is -4.33. The normalized spacial score (nSPS) is 10.9. The first-order chi connectivity index (χ1) is 16.5. The predicted octanol–water partition coefficient (Wildman–Crippen LogP) is 4.03. The van der Waals surface area contributed by atoms with E-state index in [4.69, 9.17) is 10.2 Å². The Kier molecular flexibility index (Phi) is 6.77. The monoisotopic (exact) mass is 458 g/mol. The van der Waals surface area contributed by atoms with Gasteiger partial charge in [-0.1, -0.05) is 55.8 Å². The van der Waals surface area contributed by atoms with E-state index in [1.54, 1.807) is 24.3 Å². The van der Waals surface area contributed by atoms with E-state index in [9.17, 15) is 14.4 Å². The fourth-order valence-corrected chi connectivity index (χ4v) is 3.78. The lowest BCUT2D eigenvalue weighted by Crippen LogP contribution is -2.41. The number of nitrogens with one attached hydrogen (secondary N) is 1. The van der Waals surface area contributed by atoms with Gasteiger partial charge in [0.05, 0.1) is 12.8 Å². The molecule has 0 saturated carbocycles. The minimum atomic E-state index is -0.726. The van der Waals surface area contributed by atoms with Crippen molar-refractivity contribution in [2.75, 3.05) is 10.6 Å². The number of carbonyl (C=O) groups excluding carboxylic acids is 1. The van der Waals surface area contributed by atoms with Gasteiger partial charge < -0.3 is 10.2 Å². The summed E-state index contributed by atoms with van der Waals surface area (Å²) in [4.78, 5) is 42.4. The van der Waals surface area contributed by atoms with Crippen LogP contribution in [0.3, 0.4) is 0 Å². The Balaban J connectivity index is 1.76. The van der Waals surface area contributed by atoms with Gasteiger partial charge in [-0.2, -0.15) is 0 Å². The molecule has 174 valence electrons. The SMILES string of the molecule is CCCCn1c(N)c(N(Cc2ccco2)C(=O)c2ccc(-c3ccccc3)cc2)c(=O)[nH]c1=O. The number of amides is 1. The number of carbonyl (C=O) groups is 1. The lowest BCUT2D eigenvalue weighted by atomic mass is 10.0. The number of hydrogen-bond acceptors (Lipinski definition) is 5. The molecule has 2 aromatic carbocycles. The van der Waals surface area contributed by atoms with E-state index in [0.717, 1.165) is 17.5 Å². The molecule has 0 radical (unpaired) electrons. The second-order valence-corrected chi connectivity index (χ2v) is 7.91. The number of unbranched alkanes of at least 4 members (excludes halogenated alkanes) is 1. The van der Waals surface area contributed by atoms with Gasteiger partial charge in [-0.15, -0.1) is 0 Å². The first kappa shape index (κ1) is 22.8. The molecule has 3 N–H and O–H groups in total. The number of benzene rings is 2. The summed E-state index contributed by atoms with van der Waals surface area (Å²) in [6.07, 6.45) is 3.02. The number of aromatic nitrogens is 2. The van der Waals surface area contributed by atoms with Gasteiger partial charge in [-0.3, -0.25) is 24.0 Å². The fourth-order valence-electron chi connectivity index (χ4n) is 3.78. The summed E-state index contributed by atoms with van der Waals surface area (Å²) in [5.74, 6) is -0.0173. The number of rotatable bonds is 8. The van der Waals surface area contributed by atoms with E-state index in [1.165, 1.54) is 15.7 Å². The topological polar surface area (TPSA) is 114 Å². The first-order valence-electron chi connectivity index (χ1n) is 11.1. The predicted molar refractivity (Wildman–Crippen MR) is 132 cm³/mol. The Bertz CT molecular complexity index is 1370. The Morgan fingerprint density at radius 3 is 2.35 bits per heavy atom. The quantitative estimate of drug-likeness (QED) is 0.414. The van der Waals surface area contributed by atoms with Crippen molar-refractivity contribution in [2.45, 2.75) is 32.9 Å². The van der Waals surface area contributed by atoms with Crippen LogP contribution in [0.4, 0.5) is 11.5 Å². The van der Waals surface area contributed by atoms with Gasteiger partial charge >= 0.3 is 5.69 Å². The molecule has 34 heavy (non-hydrogen) atoms. The number of H-pyrrole nitrogens is 1. The van der Waals surface area contributed by atoms with Crippen molar-refractivity contribution < 1.29 is 9.21 Å². The van der Waals surface area contributed by atoms with Crippen LogP contribution < -0.4 is 21.9 Å². The molecule has 0 aliphatic carbocycles. The number of hydrogen-bond donors (Lipinski definition) is 2. The van der Waals surface area contributed by atoms with Gasteiger partial charge in [0.1, 0.15) is 11.6 Å². The Labute approximate surface area is 196 Å². The molecular formula is C26H26N4O4. The van der Waals surface area contributed by atoms with Crippen LogP contribution in [0.25, 0.3) is 11.1 Å². The van der Waals surface area contributed by atoms with Crippen LogP contribution >= 0.6 is 0 Å². The van der Waals surface area contributed by atoms with Crippen LogP contribution in [0.1, 0.15) is 35.9 Å². The number of nitrogens with zero attached hydrogens (tertiary/aromatic N) is 2. The van der Waals surface area contributed by atoms with Crippen molar-refractivity contribution in [3.8, 4) is 11.1 Å². The average Bonchev–Trinajstić information content (AvgIpc) is 3.37. The zero-order valence-corrected chi connectivity index (χ0v) is 18.9. The van der Waals surface area contributed by atoms with Gasteiger partial charge in [-0.25, -0.2) is 4.79 Å². The molecule has 4 aromatic rings. The van der Waals surface area contributed by atoms with Crippen molar-refractivity contribution in [1.82, 2.24) is 9.55 Å². The first-order valence-corrected chi connectivity index (χ1v) is 11.1. The highest BCUT2D eigenvalue weighted by Gasteiger charge is 2.26. The maximum absolute atomic E-state index is 13.6. The summed E-state index contributed by atoms with van der Waals surface area (Å²) in [6, 6.07) is 20.3. The minimum Gasteiger partial charge on any atom is -0.467 e. The third kappa shape index (κ3) is 4.71. The second kappa shape index (κ2) is 10.1. The summed E-state index contributed by atoms with van der Waals surface area (Å²) in [7, 11) is 0. The molecule has 0 unspecified atom stereocenters. The molecule has 0 saturated heterocycles. The molecule has 0 atom stereocenters. The third-order valence-electron chi connectivity index (χ3n) is 5.60. The standard InChI is InChI=1S/C26H26N4O4/c1-2-3-15-29-23(27)22(24(31)28-26(29)33)30(17-21-10-7-16-34-21)25(32)20-13-11-19(12-14-20)18-8-5-4-6-9-18/h4-14,16H,2-3,15,17,27H2,1H3,(H,28,31,33). The van der Waals surface area contributed by atoms with E-state index < -0.39 is 17.2 Å². The molecule has 1 amide bonds. The Morgan fingerprint density at radius 1 is 1.00 bits per heavy atom. The summed E-state index contributed by atoms with van der Waals surface area (Å²) in [5, 5.41) is 0. The van der Waals surface area contributed by atoms with Crippen LogP contribution in [0.15, 0.2) is 87.0 Å². The lowest BCUT2D eigenvalue weighted by molar-refractivity contribution is 0.0983. The summed E-state index contributed by atoms with van der Waals surface area (Å²) < 4.78 is 6.72. The average molecular weight is 459 g/mol. The number of anilines is 2. The second-order valence-electron chi connectivity index (χ2n) is 7.91. The maximum atomic E-state index is 13.6. The van der Waals surface area contributed by atoms with Gasteiger partial charge in [0.15, 0.2) is 5.69 Å². The molecule has 0 aliphatic heterocycles. The molecule has 8 nitrogen and oxygen atoms in total. The van der Waals surface area contributed by atoms with E-state index in [-0.39, 0.29) is 18.1 Å². The summed E-state index contributed by atoms with van der Waals surface area (Å²) in [5.41, 5.74) is 7.24. The van der Waals surface area contributed by atoms with Crippen LogP contribution in [0.2, 0.25) is 0 Å². The van der Waals surface area contributed by atoms with E-state index in [0.29, 0.717) is 24.3 Å². The fraction of sp³-hybridized carbons (Fsp3) is 0.192. The lowest BCUT2D eigenvalue weighted by Gasteiger charge is -2.24. The van der Waals surface area contributed by atoms with Crippen molar-refractivity contribution in [2.24, 2.45) is 0 Å². The molecule has 0 aliphatic rings. The van der Waals surface area contributed by atoms with Crippen LogP contribution in [0, 0.1) is 0 Å². The number of nitrogens with two attached hydrogens (primary N) is 1. The molecular weight excluding hydrogens is 432 g/mol. The summed E-state index contributed by atoms with van der Waals surface area (Å²) >= 11 is 0.